The van der Waals surface area contributed by atoms with Gasteiger partial charge in [-0.15, -0.1) is 24.0 Å². The van der Waals surface area contributed by atoms with Gasteiger partial charge in [-0.1, -0.05) is 31.5 Å². The molecule has 0 bridgehead atoms. The summed E-state index contributed by atoms with van der Waals surface area (Å²) >= 11 is 5.81. The van der Waals surface area contributed by atoms with Crippen LogP contribution in [0.25, 0.3) is 0 Å². The first kappa shape index (κ1) is 23.0. The van der Waals surface area contributed by atoms with E-state index in [1.54, 1.807) is 12.1 Å². The highest BCUT2D eigenvalue weighted by Crippen LogP contribution is 2.17. The quantitative estimate of drug-likeness (QED) is 0.373. The number of benzene rings is 1. The molecule has 2 N–H and O–H groups in total. The van der Waals surface area contributed by atoms with Gasteiger partial charge in [-0.25, -0.2) is 9.38 Å². The summed E-state index contributed by atoms with van der Waals surface area (Å²) in [4.78, 5) is 18.5. The monoisotopic (exact) mass is 496 g/mol. The van der Waals surface area contributed by atoms with Gasteiger partial charge in [0.25, 0.3) is 0 Å². The van der Waals surface area contributed by atoms with Gasteiger partial charge in [0.15, 0.2) is 5.96 Å². The molecule has 1 fully saturated rings. The van der Waals surface area contributed by atoms with Crippen molar-refractivity contribution in [1.29, 1.82) is 0 Å². The van der Waals surface area contributed by atoms with Crippen molar-refractivity contribution >= 4 is 47.4 Å². The molecule has 1 aliphatic rings. The molecule has 1 aromatic carbocycles. The molecule has 0 aromatic heterocycles. The summed E-state index contributed by atoms with van der Waals surface area (Å²) in [6.45, 7) is 8.42. The minimum atomic E-state index is -0.430. The van der Waals surface area contributed by atoms with E-state index in [9.17, 15) is 9.18 Å². The number of hydrogen-bond acceptors (Lipinski definition) is 2. The molecule has 1 aliphatic heterocycles. The Morgan fingerprint density at radius 2 is 2.19 bits per heavy atom. The molecular formula is C18H27ClFIN4O. The average molecular weight is 497 g/mol. The Kier molecular flexibility index (Phi) is 9.63. The first-order valence-corrected chi connectivity index (χ1v) is 9.06. The molecule has 26 heavy (non-hydrogen) atoms. The van der Waals surface area contributed by atoms with Crippen LogP contribution >= 0.6 is 35.6 Å². The molecule has 1 unspecified atom stereocenters. The summed E-state index contributed by atoms with van der Waals surface area (Å²) in [6, 6.07) is 4.78. The molecule has 1 aromatic rings. The Labute approximate surface area is 176 Å². The number of halogens is 3. The number of carbonyl (C=O) groups excluding carboxylic acids is 1. The second-order valence-electron chi connectivity index (χ2n) is 6.51. The fourth-order valence-corrected chi connectivity index (χ4v) is 2.97. The van der Waals surface area contributed by atoms with Crippen LogP contribution in [0.4, 0.5) is 4.39 Å². The number of rotatable bonds is 5. The van der Waals surface area contributed by atoms with E-state index in [2.05, 4.69) is 15.6 Å². The Morgan fingerprint density at radius 1 is 1.46 bits per heavy atom. The molecule has 2 rings (SSSR count). The Balaban J connectivity index is 0.00000338. The zero-order valence-electron chi connectivity index (χ0n) is 15.4. The van der Waals surface area contributed by atoms with Crippen LogP contribution in [0, 0.1) is 11.7 Å². The van der Waals surface area contributed by atoms with Crippen LogP contribution in [-0.2, 0) is 11.3 Å². The third kappa shape index (κ3) is 6.57. The molecule has 0 spiro atoms. The summed E-state index contributed by atoms with van der Waals surface area (Å²) in [5, 5.41) is 6.68. The van der Waals surface area contributed by atoms with Crippen molar-refractivity contribution < 1.29 is 9.18 Å². The van der Waals surface area contributed by atoms with Crippen LogP contribution in [0.5, 0.6) is 0 Å². The van der Waals surface area contributed by atoms with Gasteiger partial charge < -0.3 is 15.5 Å². The van der Waals surface area contributed by atoms with E-state index >= 15 is 0 Å². The van der Waals surface area contributed by atoms with Gasteiger partial charge in [0, 0.05) is 31.6 Å². The second-order valence-corrected chi connectivity index (χ2v) is 6.92. The average Bonchev–Trinajstić information content (AvgIpc) is 3.03. The van der Waals surface area contributed by atoms with E-state index in [4.69, 9.17) is 11.6 Å². The molecule has 8 heteroatoms. The van der Waals surface area contributed by atoms with Gasteiger partial charge in [-0.2, -0.15) is 0 Å². The SMILES string of the molecule is CCNC(=NCc1ccc(F)c(Cl)c1)NC1CCN(C(=O)C(C)C)C1.I. The minimum Gasteiger partial charge on any atom is -0.357 e. The molecule has 5 nitrogen and oxygen atoms in total. The van der Waals surface area contributed by atoms with Gasteiger partial charge in [-0.3, -0.25) is 4.79 Å². The number of amides is 1. The van der Waals surface area contributed by atoms with Crippen molar-refractivity contribution in [3.05, 3.63) is 34.6 Å². The zero-order valence-corrected chi connectivity index (χ0v) is 18.5. The number of carbonyl (C=O) groups is 1. The fourth-order valence-electron chi connectivity index (χ4n) is 2.77. The van der Waals surface area contributed by atoms with Crippen molar-refractivity contribution in [3.8, 4) is 0 Å². The van der Waals surface area contributed by atoms with Crippen molar-refractivity contribution in [2.45, 2.75) is 39.8 Å². The lowest BCUT2D eigenvalue weighted by Gasteiger charge is -2.20. The number of aliphatic imine (C=N–C) groups is 1. The largest absolute Gasteiger partial charge is 0.357 e. The maximum absolute atomic E-state index is 13.2. The van der Waals surface area contributed by atoms with Crippen LogP contribution in [0.2, 0.25) is 5.02 Å². The van der Waals surface area contributed by atoms with Crippen LogP contribution in [-0.4, -0.2) is 42.4 Å². The summed E-state index contributed by atoms with van der Waals surface area (Å²) in [6.07, 6.45) is 0.894. The third-order valence-corrected chi connectivity index (χ3v) is 4.37. The Hall–Kier alpha value is -1.09. The van der Waals surface area contributed by atoms with E-state index in [0.29, 0.717) is 19.0 Å². The van der Waals surface area contributed by atoms with Gasteiger partial charge >= 0.3 is 0 Å². The van der Waals surface area contributed by atoms with E-state index in [1.165, 1.54) is 6.07 Å². The maximum atomic E-state index is 13.2. The van der Waals surface area contributed by atoms with Crippen molar-refractivity contribution in [1.82, 2.24) is 15.5 Å². The molecule has 1 saturated heterocycles. The number of hydrogen-bond donors (Lipinski definition) is 2. The van der Waals surface area contributed by atoms with Crippen LogP contribution in [0.3, 0.4) is 0 Å². The zero-order chi connectivity index (χ0) is 18.4. The van der Waals surface area contributed by atoms with Crippen molar-refractivity contribution in [2.24, 2.45) is 10.9 Å². The first-order valence-electron chi connectivity index (χ1n) is 8.68. The number of guanidine groups is 1. The Morgan fingerprint density at radius 3 is 2.81 bits per heavy atom. The fraction of sp³-hybridized carbons (Fsp3) is 0.556. The van der Waals surface area contributed by atoms with E-state index < -0.39 is 5.82 Å². The third-order valence-electron chi connectivity index (χ3n) is 4.08. The van der Waals surface area contributed by atoms with E-state index in [-0.39, 0.29) is 46.9 Å². The minimum absolute atomic E-state index is 0. The number of likely N-dealkylation sites (tertiary alicyclic amines) is 1. The van der Waals surface area contributed by atoms with Gasteiger partial charge in [0.05, 0.1) is 11.6 Å². The highest BCUT2D eigenvalue weighted by molar-refractivity contribution is 14.0. The van der Waals surface area contributed by atoms with Crippen LogP contribution in [0.15, 0.2) is 23.2 Å². The summed E-state index contributed by atoms with van der Waals surface area (Å²) in [7, 11) is 0. The number of nitrogens with one attached hydrogen (secondary N) is 2. The van der Waals surface area contributed by atoms with Crippen LogP contribution < -0.4 is 10.6 Å². The van der Waals surface area contributed by atoms with E-state index in [0.717, 1.165) is 25.1 Å². The van der Waals surface area contributed by atoms with E-state index in [1.807, 2.05) is 25.7 Å². The molecule has 0 aliphatic carbocycles. The van der Waals surface area contributed by atoms with Gasteiger partial charge in [0.2, 0.25) is 5.91 Å². The van der Waals surface area contributed by atoms with Crippen LogP contribution in [0.1, 0.15) is 32.8 Å². The number of nitrogens with zero attached hydrogens (tertiary/aromatic N) is 2. The molecule has 1 heterocycles. The van der Waals surface area contributed by atoms with Crippen molar-refractivity contribution in [3.63, 3.8) is 0 Å². The summed E-state index contributed by atoms with van der Waals surface area (Å²) in [5.74, 6) is 0.461. The lowest BCUT2D eigenvalue weighted by molar-refractivity contribution is -0.133. The smallest absolute Gasteiger partial charge is 0.225 e. The van der Waals surface area contributed by atoms with Gasteiger partial charge in [-0.05, 0) is 31.0 Å². The maximum Gasteiger partial charge on any atom is 0.225 e. The molecular weight excluding hydrogens is 470 g/mol. The molecule has 146 valence electrons. The second kappa shape index (κ2) is 10.9. The lowest BCUT2D eigenvalue weighted by atomic mass is 10.2. The standard InChI is InChI=1S/C18H26ClFN4O.HI/c1-4-21-18(22-10-13-5-6-16(20)15(19)9-13)23-14-7-8-24(11-14)17(25)12(2)3;/h5-6,9,12,14H,4,7-8,10-11H2,1-3H3,(H2,21,22,23);1H. The normalized spacial score (nSPS) is 17.2. The topological polar surface area (TPSA) is 56.7 Å². The lowest BCUT2D eigenvalue weighted by Crippen LogP contribution is -2.45. The predicted octanol–water partition coefficient (Wildman–Crippen LogP) is 3.41. The Bertz CT molecular complexity index is 642. The molecule has 0 radical (unpaired) electrons. The molecule has 1 atom stereocenters. The first-order chi connectivity index (χ1) is 11.9. The summed E-state index contributed by atoms with van der Waals surface area (Å²) < 4.78 is 13.2. The molecule has 1 amide bonds. The van der Waals surface area contributed by atoms with Crippen molar-refractivity contribution in [2.75, 3.05) is 19.6 Å². The highest BCUT2D eigenvalue weighted by atomic mass is 127. The molecule has 0 saturated carbocycles. The van der Waals surface area contributed by atoms with Gasteiger partial charge in [0.1, 0.15) is 5.82 Å². The highest BCUT2D eigenvalue weighted by Gasteiger charge is 2.27. The predicted molar refractivity (Wildman–Crippen MR) is 115 cm³/mol. The summed E-state index contributed by atoms with van der Waals surface area (Å²) in [5.41, 5.74) is 0.839.